The van der Waals surface area contributed by atoms with Crippen molar-refractivity contribution in [2.24, 2.45) is 0 Å². The summed E-state index contributed by atoms with van der Waals surface area (Å²) in [6, 6.07) is 0. The Morgan fingerprint density at radius 2 is 1.40 bits per heavy atom. The van der Waals surface area contributed by atoms with Gasteiger partial charge < -0.3 is 9.47 Å². The second-order valence-electron chi connectivity index (χ2n) is 3.56. The van der Waals surface area contributed by atoms with Gasteiger partial charge in [-0.3, -0.25) is 0 Å². The fourth-order valence-corrected chi connectivity index (χ4v) is 2.27. The molecule has 3 saturated heterocycles. The first-order chi connectivity index (χ1) is 4.95. The standard InChI is InChI=1S/C8H12O2/c1-2-4-6-8-7(10-8)5(3-1)9-6/h5-8H,1-4H2/t5-,6+,7-,8+. The van der Waals surface area contributed by atoms with E-state index in [4.69, 9.17) is 9.47 Å². The lowest BCUT2D eigenvalue weighted by Gasteiger charge is -2.11. The Morgan fingerprint density at radius 1 is 0.800 bits per heavy atom. The second-order valence-corrected chi connectivity index (χ2v) is 3.56. The van der Waals surface area contributed by atoms with Gasteiger partial charge in [0.15, 0.2) is 0 Å². The molecule has 2 heteroatoms. The van der Waals surface area contributed by atoms with E-state index in [9.17, 15) is 0 Å². The van der Waals surface area contributed by atoms with Crippen molar-refractivity contribution in [3.05, 3.63) is 0 Å². The van der Waals surface area contributed by atoms with E-state index >= 15 is 0 Å². The molecule has 4 atom stereocenters. The van der Waals surface area contributed by atoms with Crippen molar-refractivity contribution >= 4 is 0 Å². The average Bonchev–Trinajstić information content (AvgIpc) is 2.58. The average molecular weight is 140 g/mol. The molecule has 0 aliphatic carbocycles. The van der Waals surface area contributed by atoms with Crippen LogP contribution in [-0.2, 0) is 9.47 Å². The fourth-order valence-electron chi connectivity index (χ4n) is 2.27. The first-order valence-electron chi connectivity index (χ1n) is 4.26. The van der Waals surface area contributed by atoms with Crippen LogP contribution in [0.3, 0.4) is 0 Å². The molecule has 0 aromatic rings. The maximum Gasteiger partial charge on any atom is 0.113 e. The van der Waals surface area contributed by atoms with E-state index in [-0.39, 0.29) is 0 Å². The van der Waals surface area contributed by atoms with Crippen LogP contribution in [-0.4, -0.2) is 24.4 Å². The summed E-state index contributed by atoms with van der Waals surface area (Å²) in [5.41, 5.74) is 0. The molecule has 56 valence electrons. The van der Waals surface area contributed by atoms with Gasteiger partial charge in [0.05, 0.1) is 12.2 Å². The van der Waals surface area contributed by atoms with Gasteiger partial charge in [0.25, 0.3) is 0 Å². The van der Waals surface area contributed by atoms with Gasteiger partial charge >= 0.3 is 0 Å². The molecule has 0 unspecified atom stereocenters. The van der Waals surface area contributed by atoms with Crippen molar-refractivity contribution in [3.8, 4) is 0 Å². The number of hydrogen-bond acceptors (Lipinski definition) is 2. The number of ether oxygens (including phenoxy) is 2. The summed E-state index contributed by atoms with van der Waals surface area (Å²) in [6.45, 7) is 0. The maximum absolute atomic E-state index is 5.76. The van der Waals surface area contributed by atoms with E-state index in [2.05, 4.69) is 0 Å². The highest BCUT2D eigenvalue weighted by Gasteiger charge is 2.57. The summed E-state index contributed by atoms with van der Waals surface area (Å²) >= 11 is 0. The summed E-state index contributed by atoms with van der Waals surface area (Å²) in [5, 5.41) is 0. The first kappa shape index (κ1) is 5.56. The third kappa shape index (κ3) is 0.611. The van der Waals surface area contributed by atoms with Crippen LogP contribution in [0.25, 0.3) is 0 Å². The molecule has 0 N–H and O–H groups in total. The minimum absolute atomic E-state index is 0.470. The SMILES string of the molecule is C1CC[C@H]2O[C@@H](C1)[C@@H]1O[C@@H]12. The van der Waals surface area contributed by atoms with E-state index < -0.39 is 0 Å². The highest BCUT2D eigenvalue weighted by atomic mass is 16.7. The number of epoxide rings is 1. The largest absolute Gasteiger partial charge is 0.369 e. The normalized spacial score (nSPS) is 57.6. The van der Waals surface area contributed by atoms with E-state index in [1.807, 2.05) is 0 Å². The van der Waals surface area contributed by atoms with Crippen LogP contribution in [0.4, 0.5) is 0 Å². The lowest BCUT2D eigenvalue weighted by atomic mass is 10.0. The van der Waals surface area contributed by atoms with Crippen LogP contribution in [0.2, 0.25) is 0 Å². The fraction of sp³-hybridized carbons (Fsp3) is 1.00. The summed E-state index contributed by atoms with van der Waals surface area (Å²) < 4.78 is 11.2. The molecular formula is C8H12O2. The Morgan fingerprint density at radius 3 is 2.00 bits per heavy atom. The predicted molar refractivity (Wildman–Crippen MR) is 35.8 cm³/mol. The van der Waals surface area contributed by atoms with E-state index in [1.165, 1.54) is 25.7 Å². The molecule has 2 bridgehead atoms. The zero-order chi connectivity index (χ0) is 6.55. The van der Waals surface area contributed by atoms with Crippen LogP contribution in [0, 0.1) is 0 Å². The van der Waals surface area contributed by atoms with Crippen molar-refractivity contribution in [2.45, 2.75) is 50.1 Å². The minimum Gasteiger partial charge on any atom is -0.369 e. The molecule has 0 aromatic carbocycles. The molecule has 3 rings (SSSR count). The first-order valence-corrected chi connectivity index (χ1v) is 4.26. The zero-order valence-electron chi connectivity index (χ0n) is 5.95. The quantitative estimate of drug-likeness (QED) is 0.470. The van der Waals surface area contributed by atoms with Crippen molar-refractivity contribution in [3.63, 3.8) is 0 Å². The molecule has 3 aliphatic rings. The van der Waals surface area contributed by atoms with E-state index in [0.29, 0.717) is 24.4 Å². The summed E-state index contributed by atoms with van der Waals surface area (Å²) in [6.07, 6.45) is 7.10. The van der Waals surface area contributed by atoms with Crippen LogP contribution in [0.5, 0.6) is 0 Å². The highest BCUT2D eigenvalue weighted by Crippen LogP contribution is 2.44. The van der Waals surface area contributed by atoms with E-state index in [0.717, 1.165) is 0 Å². The van der Waals surface area contributed by atoms with Crippen LogP contribution >= 0.6 is 0 Å². The van der Waals surface area contributed by atoms with Crippen molar-refractivity contribution in [2.75, 3.05) is 0 Å². The van der Waals surface area contributed by atoms with Gasteiger partial charge in [-0.05, 0) is 12.8 Å². The molecule has 10 heavy (non-hydrogen) atoms. The van der Waals surface area contributed by atoms with Crippen LogP contribution < -0.4 is 0 Å². The molecule has 0 radical (unpaired) electrons. The zero-order valence-corrected chi connectivity index (χ0v) is 5.95. The van der Waals surface area contributed by atoms with Gasteiger partial charge in [0, 0.05) is 0 Å². The van der Waals surface area contributed by atoms with E-state index in [1.54, 1.807) is 0 Å². The van der Waals surface area contributed by atoms with Crippen molar-refractivity contribution in [1.82, 2.24) is 0 Å². The third-order valence-corrected chi connectivity index (χ3v) is 2.87. The number of rotatable bonds is 0. The van der Waals surface area contributed by atoms with Gasteiger partial charge in [0.1, 0.15) is 12.2 Å². The molecule has 2 nitrogen and oxygen atoms in total. The Balaban J connectivity index is 1.85. The Labute approximate surface area is 60.5 Å². The number of fused-ring (bicyclic) bond motifs is 5. The lowest BCUT2D eigenvalue weighted by molar-refractivity contribution is -0.0250. The summed E-state index contributed by atoms with van der Waals surface area (Å²) in [4.78, 5) is 0. The van der Waals surface area contributed by atoms with Crippen molar-refractivity contribution in [1.29, 1.82) is 0 Å². The maximum atomic E-state index is 5.76. The predicted octanol–water partition coefficient (Wildman–Crippen LogP) is 1.10. The van der Waals surface area contributed by atoms with Gasteiger partial charge in [-0.1, -0.05) is 12.8 Å². The van der Waals surface area contributed by atoms with Gasteiger partial charge in [-0.2, -0.15) is 0 Å². The molecule has 3 heterocycles. The van der Waals surface area contributed by atoms with Crippen molar-refractivity contribution < 1.29 is 9.47 Å². The van der Waals surface area contributed by atoms with Gasteiger partial charge in [-0.15, -0.1) is 0 Å². The molecule has 0 aromatic heterocycles. The topological polar surface area (TPSA) is 21.8 Å². The molecular weight excluding hydrogens is 128 g/mol. The molecule has 0 spiro atoms. The summed E-state index contributed by atoms with van der Waals surface area (Å²) in [7, 11) is 0. The van der Waals surface area contributed by atoms with Gasteiger partial charge in [0.2, 0.25) is 0 Å². The second kappa shape index (κ2) is 1.74. The molecule has 3 aliphatic heterocycles. The van der Waals surface area contributed by atoms with Crippen LogP contribution in [0.15, 0.2) is 0 Å². The summed E-state index contributed by atoms with van der Waals surface area (Å²) in [5.74, 6) is 0. The Kier molecular flexibility index (Phi) is 0.968. The Hall–Kier alpha value is -0.0800. The lowest BCUT2D eigenvalue weighted by Crippen LogP contribution is -2.16. The molecule has 0 amide bonds. The third-order valence-electron chi connectivity index (χ3n) is 2.87. The molecule has 3 fully saturated rings. The minimum atomic E-state index is 0.470. The smallest absolute Gasteiger partial charge is 0.113 e. The highest BCUT2D eigenvalue weighted by molar-refractivity contribution is 5.04. The van der Waals surface area contributed by atoms with Gasteiger partial charge in [-0.25, -0.2) is 0 Å². The Bertz CT molecular complexity index is 141. The monoisotopic (exact) mass is 140 g/mol. The van der Waals surface area contributed by atoms with Crippen LogP contribution in [0.1, 0.15) is 25.7 Å². The number of hydrogen-bond donors (Lipinski definition) is 0. The molecule has 0 saturated carbocycles.